The van der Waals surface area contributed by atoms with Gasteiger partial charge >= 0.3 is 0 Å². The van der Waals surface area contributed by atoms with Crippen LogP contribution in [-0.4, -0.2) is 37.1 Å². The van der Waals surface area contributed by atoms with Crippen LogP contribution >= 0.6 is 0 Å². The molecule has 1 aliphatic heterocycles. The molecule has 2 heteroatoms. The van der Waals surface area contributed by atoms with E-state index in [2.05, 4.69) is 38.0 Å². The molecule has 1 saturated heterocycles. The highest BCUT2D eigenvalue weighted by Gasteiger charge is 2.25. The van der Waals surface area contributed by atoms with Crippen molar-refractivity contribution >= 4 is 0 Å². The van der Waals surface area contributed by atoms with Crippen LogP contribution in [0.4, 0.5) is 0 Å². The summed E-state index contributed by atoms with van der Waals surface area (Å²) in [4.78, 5) is 2.67. The van der Waals surface area contributed by atoms with Crippen LogP contribution in [0.5, 0.6) is 0 Å². The Labute approximate surface area is 95.4 Å². The van der Waals surface area contributed by atoms with Gasteiger partial charge in [0, 0.05) is 18.6 Å². The molecule has 1 rings (SSSR count). The van der Waals surface area contributed by atoms with Gasteiger partial charge in [0.05, 0.1) is 0 Å². The average molecular weight is 212 g/mol. The third kappa shape index (κ3) is 4.12. The molecule has 90 valence electrons. The molecule has 0 amide bonds. The lowest BCUT2D eigenvalue weighted by atomic mass is 10.0. The molecule has 0 aromatic heterocycles. The van der Waals surface area contributed by atoms with Crippen molar-refractivity contribution in [3.8, 4) is 0 Å². The minimum Gasteiger partial charge on any atom is -0.317 e. The van der Waals surface area contributed by atoms with Crippen LogP contribution in [-0.2, 0) is 0 Å². The zero-order chi connectivity index (χ0) is 11.3. The van der Waals surface area contributed by atoms with Gasteiger partial charge in [-0.25, -0.2) is 0 Å². The van der Waals surface area contributed by atoms with Crippen LogP contribution in [0.1, 0.15) is 46.5 Å². The van der Waals surface area contributed by atoms with Crippen molar-refractivity contribution in [1.29, 1.82) is 0 Å². The van der Waals surface area contributed by atoms with Gasteiger partial charge in [0.2, 0.25) is 0 Å². The van der Waals surface area contributed by atoms with Gasteiger partial charge in [0.15, 0.2) is 0 Å². The second-order valence-electron chi connectivity index (χ2n) is 5.21. The topological polar surface area (TPSA) is 15.3 Å². The Morgan fingerprint density at radius 3 is 2.73 bits per heavy atom. The largest absolute Gasteiger partial charge is 0.317 e. The third-order valence-corrected chi connectivity index (χ3v) is 3.83. The van der Waals surface area contributed by atoms with E-state index in [9.17, 15) is 0 Å². The van der Waals surface area contributed by atoms with Crippen molar-refractivity contribution in [3.05, 3.63) is 0 Å². The fourth-order valence-electron chi connectivity index (χ4n) is 2.69. The number of nitrogens with one attached hydrogen (secondary N) is 1. The number of hydrogen-bond acceptors (Lipinski definition) is 2. The lowest BCUT2D eigenvalue weighted by Gasteiger charge is -2.26. The van der Waals surface area contributed by atoms with E-state index in [0.717, 1.165) is 12.0 Å². The van der Waals surface area contributed by atoms with Crippen LogP contribution in [0.2, 0.25) is 0 Å². The predicted octanol–water partition coefficient (Wildman–Crippen LogP) is 2.49. The molecule has 0 saturated carbocycles. The monoisotopic (exact) mass is 212 g/mol. The first-order chi connectivity index (χ1) is 7.17. The van der Waals surface area contributed by atoms with Crippen molar-refractivity contribution in [2.75, 3.05) is 20.1 Å². The molecule has 0 bridgehead atoms. The minimum atomic E-state index is 0.644. The summed E-state index contributed by atoms with van der Waals surface area (Å²) in [7, 11) is 2.06. The molecule has 1 aliphatic rings. The molecule has 0 aliphatic carbocycles. The fraction of sp³-hybridized carbons (Fsp3) is 1.00. The molecular weight excluding hydrogens is 184 g/mol. The van der Waals surface area contributed by atoms with Crippen molar-refractivity contribution < 1.29 is 0 Å². The number of likely N-dealkylation sites (tertiary alicyclic amines) is 1. The Hall–Kier alpha value is -0.0800. The van der Waals surface area contributed by atoms with Gasteiger partial charge in [-0.2, -0.15) is 0 Å². The number of hydrogen-bond donors (Lipinski definition) is 1. The average Bonchev–Trinajstić information content (AvgIpc) is 2.67. The van der Waals surface area contributed by atoms with E-state index in [1.165, 1.54) is 38.8 Å². The smallest absolute Gasteiger partial charge is 0.00817 e. The highest BCUT2D eigenvalue weighted by atomic mass is 15.2. The molecule has 2 nitrogen and oxygen atoms in total. The first kappa shape index (κ1) is 13.0. The minimum absolute atomic E-state index is 0.644. The SMILES string of the molecule is CCCC1CCN(C(C)CC(C)NC)C1. The van der Waals surface area contributed by atoms with E-state index >= 15 is 0 Å². The Bertz CT molecular complexity index is 170. The van der Waals surface area contributed by atoms with Crippen LogP contribution in [0.15, 0.2) is 0 Å². The summed E-state index contributed by atoms with van der Waals surface area (Å²) in [6.45, 7) is 9.61. The molecule has 0 aromatic carbocycles. The quantitative estimate of drug-likeness (QED) is 0.728. The molecule has 1 N–H and O–H groups in total. The summed E-state index contributed by atoms with van der Waals surface area (Å²) in [6.07, 6.45) is 5.46. The van der Waals surface area contributed by atoms with Gasteiger partial charge in [-0.3, -0.25) is 0 Å². The van der Waals surface area contributed by atoms with Gasteiger partial charge in [-0.05, 0) is 52.6 Å². The Balaban J connectivity index is 2.26. The Morgan fingerprint density at radius 1 is 1.40 bits per heavy atom. The van der Waals surface area contributed by atoms with Crippen molar-refractivity contribution in [2.24, 2.45) is 5.92 Å². The molecule has 0 aromatic rings. The first-order valence-corrected chi connectivity index (χ1v) is 6.58. The van der Waals surface area contributed by atoms with Gasteiger partial charge in [0.25, 0.3) is 0 Å². The maximum Gasteiger partial charge on any atom is 0.00817 e. The standard InChI is InChI=1S/C13H28N2/c1-5-6-13-7-8-15(10-13)12(3)9-11(2)14-4/h11-14H,5-10H2,1-4H3. The van der Waals surface area contributed by atoms with E-state index in [1.54, 1.807) is 0 Å². The molecule has 3 unspecified atom stereocenters. The summed E-state index contributed by atoms with van der Waals surface area (Å²) in [5.41, 5.74) is 0. The van der Waals surface area contributed by atoms with Crippen LogP contribution in [0.3, 0.4) is 0 Å². The first-order valence-electron chi connectivity index (χ1n) is 6.58. The van der Waals surface area contributed by atoms with Gasteiger partial charge in [-0.1, -0.05) is 13.3 Å². The van der Waals surface area contributed by atoms with Crippen LogP contribution < -0.4 is 5.32 Å². The molecule has 1 heterocycles. The van der Waals surface area contributed by atoms with Gasteiger partial charge in [-0.15, -0.1) is 0 Å². The highest BCUT2D eigenvalue weighted by molar-refractivity contribution is 4.80. The molecular formula is C13H28N2. The summed E-state index contributed by atoms with van der Waals surface area (Å²) in [6, 6.07) is 1.39. The van der Waals surface area contributed by atoms with Crippen LogP contribution in [0, 0.1) is 5.92 Å². The summed E-state index contributed by atoms with van der Waals surface area (Å²) < 4.78 is 0. The fourth-order valence-corrected chi connectivity index (χ4v) is 2.69. The second kappa shape index (κ2) is 6.49. The number of rotatable bonds is 6. The summed E-state index contributed by atoms with van der Waals surface area (Å²) in [5.74, 6) is 0.974. The maximum atomic E-state index is 3.33. The second-order valence-corrected chi connectivity index (χ2v) is 5.21. The van der Waals surface area contributed by atoms with E-state index in [4.69, 9.17) is 0 Å². The van der Waals surface area contributed by atoms with Gasteiger partial charge in [0.1, 0.15) is 0 Å². The van der Waals surface area contributed by atoms with Crippen molar-refractivity contribution in [2.45, 2.75) is 58.5 Å². The zero-order valence-corrected chi connectivity index (χ0v) is 10.9. The van der Waals surface area contributed by atoms with Gasteiger partial charge < -0.3 is 10.2 Å². The summed E-state index contributed by atoms with van der Waals surface area (Å²) >= 11 is 0. The predicted molar refractivity (Wildman–Crippen MR) is 67.2 cm³/mol. The summed E-state index contributed by atoms with van der Waals surface area (Å²) in [5, 5.41) is 3.33. The lowest BCUT2D eigenvalue weighted by molar-refractivity contribution is 0.223. The lowest BCUT2D eigenvalue weighted by Crippen LogP contribution is -2.36. The maximum absolute atomic E-state index is 3.33. The molecule has 0 radical (unpaired) electrons. The normalized spacial score (nSPS) is 26.8. The molecule has 15 heavy (non-hydrogen) atoms. The molecule has 0 spiro atoms. The number of nitrogens with zero attached hydrogens (tertiary/aromatic N) is 1. The van der Waals surface area contributed by atoms with Crippen molar-refractivity contribution in [1.82, 2.24) is 10.2 Å². The van der Waals surface area contributed by atoms with E-state index in [-0.39, 0.29) is 0 Å². The van der Waals surface area contributed by atoms with Crippen LogP contribution in [0.25, 0.3) is 0 Å². The zero-order valence-electron chi connectivity index (χ0n) is 10.9. The van der Waals surface area contributed by atoms with Crippen molar-refractivity contribution in [3.63, 3.8) is 0 Å². The molecule has 1 fully saturated rings. The Kier molecular flexibility index (Phi) is 5.62. The Morgan fingerprint density at radius 2 is 2.13 bits per heavy atom. The van der Waals surface area contributed by atoms with E-state index < -0.39 is 0 Å². The third-order valence-electron chi connectivity index (χ3n) is 3.83. The van der Waals surface area contributed by atoms with E-state index in [1.807, 2.05) is 0 Å². The van der Waals surface area contributed by atoms with E-state index in [0.29, 0.717) is 6.04 Å². The highest BCUT2D eigenvalue weighted by Crippen LogP contribution is 2.23. The molecule has 3 atom stereocenters.